The molecule has 0 saturated heterocycles. The van der Waals surface area contributed by atoms with Gasteiger partial charge in [0.25, 0.3) is 0 Å². The summed E-state index contributed by atoms with van der Waals surface area (Å²) >= 11 is 1.57. The van der Waals surface area contributed by atoms with E-state index in [1.165, 1.54) is 19.4 Å². The molecule has 28 heavy (non-hydrogen) atoms. The van der Waals surface area contributed by atoms with Gasteiger partial charge in [0.05, 0.1) is 10.7 Å². The Bertz CT molecular complexity index is 788. The van der Waals surface area contributed by atoms with Gasteiger partial charge < -0.3 is 20.3 Å². The molecule has 0 spiro atoms. The molecule has 0 fully saturated rings. The smallest absolute Gasteiger partial charge is 0.374 e. The van der Waals surface area contributed by atoms with Gasteiger partial charge in [-0.05, 0) is 13.8 Å². The van der Waals surface area contributed by atoms with Crippen molar-refractivity contribution in [2.24, 2.45) is 12.0 Å². The predicted molar refractivity (Wildman–Crippen MR) is 102 cm³/mol. The molecule has 1 atom stereocenters. The maximum Gasteiger partial charge on any atom is 0.424 e. The first-order valence-corrected chi connectivity index (χ1v) is 9.75. The van der Waals surface area contributed by atoms with Crippen molar-refractivity contribution in [2.45, 2.75) is 38.5 Å². The normalized spacial score (nSPS) is 14.8. The Kier molecular flexibility index (Phi) is 7.41. The molecule has 2 aromatic heterocycles. The third kappa shape index (κ3) is 5.44. The van der Waals surface area contributed by atoms with E-state index >= 15 is 0 Å². The molecule has 0 aliphatic rings. The van der Waals surface area contributed by atoms with Crippen molar-refractivity contribution in [3.05, 3.63) is 34.3 Å². The Hall–Kier alpha value is -2.14. The minimum atomic E-state index is -4.87. The molecule has 156 valence electrons. The molecule has 0 radical (unpaired) electrons. The first-order valence-electron chi connectivity index (χ1n) is 8.87. The average Bonchev–Trinajstić information content (AvgIpc) is 3.22. The summed E-state index contributed by atoms with van der Waals surface area (Å²) < 4.78 is 41.7. The number of nitrogens with zero attached hydrogens (tertiary/aromatic N) is 4. The van der Waals surface area contributed by atoms with E-state index in [0.29, 0.717) is 25.5 Å². The summed E-state index contributed by atoms with van der Waals surface area (Å²) in [5, 5.41) is 19.3. The van der Waals surface area contributed by atoms with E-state index in [4.69, 9.17) is 0 Å². The lowest BCUT2D eigenvalue weighted by Crippen LogP contribution is -2.45. The fourth-order valence-electron chi connectivity index (χ4n) is 2.65. The van der Waals surface area contributed by atoms with Crippen LogP contribution in [-0.2, 0) is 19.1 Å². The number of thiazole rings is 1. The fraction of sp³-hybridized carbons (Fsp3) is 0.588. The van der Waals surface area contributed by atoms with Crippen LogP contribution in [0.4, 0.5) is 13.2 Å². The maximum atomic E-state index is 13.5. The van der Waals surface area contributed by atoms with Gasteiger partial charge in [-0.15, -0.1) is 11.3 Å². The largest absolute Gasteiger partial charge is 0.424 e. The van der Waals surface area contributed by atoms with Crippen LogP contribution in [0.3, 0.4) is 0 Å². The van der Waals surface area contributed by atoms with Crippen molar-refractivity contribution in [3.8, 4) is 0 Å². The monoisotopic (exact) mass is 418 g/mol. The van der Waals surface area contributed by atoms with Crippen LogP contribution in [0.2, 0.25) is 0 Å². The third-order valence-corrected chi connectivity index (χ3v) is 4.91. The Morgan fingerprint density at radius 2 is 2.11 bits per heavy atom. The first kappa shape index (κ1) is 22.2. The molecule has 3 N–H and O–H groups in total. The number of nitrogens with one attached hydrogen (secondary N) is 2. The van der Waals surface area contributed by atoms with Crippen LogP contribution in [-0.4, -0.2) is 51.4 Å². The number of aliphatic hydroxyl groups is 1. The molecule has 2 rings (SSSR count). The summed E-state index contributed by atoms with van der Waals surface area (Å²) in [6.07, 6.45) is -2.24. The molecule has 2 aromatic rings. The standard InChI is InChI=1S/C17H25F3N6OS/c1-4-21-15(23-7-5-13-11-28-12(2)25-13)24-8-6-16(27,17(18,19)20)14-22-9-10-26(14)3/h9-11,27H,4-8H2,1-3H3,(H2,21,23,24). The fourth-order valence-corrected chi connectivity index (χ4v) is 3.29. The highest BCUT2D eigenvalue weighted by Crippen LogP contribution is 2.40. The zero-order valence-electron chi connectivity index (χ0n) is 16.0. The van der Waals surface area contributed by atoms with Gasteiger partial charge >= 0.3 is 6.18 Å². The Balaban J connectivity index is 2.01. The molecule has 0 saturated carbocycles. The second-order valence-electron chi connectivity index (χ2n) is 6.27. The Labute approximate surface area is 165 Å². The van der Waals surface area contributed by atoms with E-state index in [1.54, 1.807) is 11.3 Å². The molecule has 0 aromatic carbocycles. The molecular formula is C17H25F3N6OS. The minimum Gasteiger partial charge on any atom is -0.374 e. The van der Waals surface area contributed by atoms with Crippen LogP contribution in [0.1, 0.15) is 29.9 Å². The number of imidazole rings is 1. The van der Waals surface area contributed by atoms with Crippen molar-refractivity contribution in [2.75, 3.05) is 19.6 Å². The molecule has 7 nitrogen and oxygen atoms in total. The van der Waals surface area contributed by atoms with Gasteiger partial charge in [0, 0.05) is 57.3 Å². The number of aryl methyl sites for hydroxylation is 2. The van der Waals surface area contributed by atoms with E-state index in [-0.39, 0.29) is 6.54 Å². The van der Waals surface area contributed by atoms with Crippen molar-refractivity contribution < 1.29 is 18.3 Å². The number of alkyl halides is 3. The van der Waals surface area contributed by atoms with Crippen molar-refractivity contribution in [1.29, 1.82) is 0 Å². The zero-order valence-corrected chi connectivity index (χ0v) is 16.9. The van der Waals surface area contributed by atoms with Gasteiger partial charge in [-0.3, -0.25) is 4.99 Å². The number of hydrogen-bond donors (Lipinski definition) is 3. The second-order valence-corrected chi connectivity index (χ2v) is 7.33. The number of halogens is 3. The lowest BCUT2D eigenvalue weighted by Gasteiger charge is -2.29. The molecule has 1 unspecified atom stereocenters. The lowest BCUT2D eigenvalue weighted by atomic mass is 9.98. The van der Waals surface area contributed by atoms with Crippen LogP contribution < -0.4 is 10.6 Å². The van der Waals surface area contributed by atoms with Gasteiger partial charge in [0.15, 0.2) is 5.96 Å². The van der Waals surface area contributed by atoms with E-state index < -0.39 is 24.0 Å². The summed E-state index contributed by atoms with van der Waals surface area (Å²) in [5.41, 5.74) is -2.11. The van der Waals surface area contributed by atoms with Crippen LogP contribution in [0.15, 0.2) is 22.8 Å². The van der Waals surface area contributed by atoms with Crippen LogP contribution in [0.25, 0.3) is 0 Å². The number of aromatic nitrogens is 3. The van der Waals surface area contributed by atoms with Gasteiger partial charge in [-0.2, -0.15) is 13.2 Å². The predicted octanol–water partition coefficient (Wildman–Crippen LogP) is 2.12. The molecule has 2 heterocycles. The first-order chi connectivity index (χ1) is 13.2. The number of aliphatic imine (C=N–C) groups is 1. The number of guanidine groups is 1. The van der Waals surface area contributed by atoms with Crippen LogP contribution >= 0.6 is 11.3 Å². The lowest BCUT2D eigenvalue weighted by molar-refractivity contribution is -0.272. The van der Waals surface area contributed by atoms with Crippen molar-refractivity contribution in [3.63, 3.8) is 0 Å². The topological polar surface area (TPSA) is 87.4 Å². The van der Waals surface area contributed by atoms with Gasteiger partial charge in [-0.1, -0.05) is 0 Å². The third-order valence-electron chi connectivity index (χ3n) is 4.09. The Morgan fingerprint density at radius 3 is 2.64 bits per heavy atom. The Morgan fingerprint density at radius 1 is 1.36 bits per heavy atom. The zero-order chi connectivity index (χ0) is 20.8. The van der Waals surface area contributed by atoms with E-state index in [2.05, 4.69) is 25.6 Å². The summed E-state index contributed by atoms with van der Waals surface area (Å²) in [7, 11) is 1.41. The SMILES string of the molecule is CCNC(=NCCC(O)(c1nccn1C)C(F)(F)F)NCCc1csc(C)n1. The average molecular weight is 418 g/mol. The van der Waals surface area contributed by atoms with Crippen molar-refractivity contribution >= 4 is 17.3 Å². The summed E-state index contributed by atoms with van der Waals surface area (Å²) in [4.78, 5) is 12.2. The highest BCUT2D eigenvalue weighted by molar-refractivity contribution is 7.09. The second kappa shape index (κ2) is 9.37. The molecule has 11 heteroatoms. The van der Waals surface area contributed by atoms with Crippen molar-refractivity contribution in [1.82, 2.24) is 25.2 Å². The molecular weight excluding hydrogens is 393 g/mol. The maximum absolute atomic E-state index is 13.5. The number of rotatable bonds is 8. The molecule has 0 amide bonds. The highest BCUT2D eigenvalue weighted by Gasteiger charge is 2.57. The molecule has 0 bridgehead atoms. The summed E-state index contributed by atoms with van der Waals surface area (Å²) in [6, 6.07) is 0. The van der Waals surface area contributed by atoms with Crippen LogP contribution in [0.5, 0.6) is 0 Å². The van der Waals surface area contributed by atoms with E-state index in [9.17, 15) is 18.3 Å². The highest BCUT2D eigenvalue weighted by atomic mass is 32.1. The summed E-state index contributed by atoms with van der Waals surface area (Å²) in [5.74, 6) is -0.0640. The summed E-state index contributed by atoms with van der Waals surface area (Å²) in [6.45, 7) is 4.66. The van der Waals surface area contributed by atoms with Gasteiger partial charge in [-0.25, -0.2) is 9.97 Å². The van der Waals surface area contributed by atoms with Crippen LogP contribution in [0, 0.1) is 6.92 Å². The van der Waals surface area contributed by atoms with Gasteiger partial charge in [0.2, 0.25) is 5.60 Å². The molecule has 0 aliphatic heterocycles. The molecule has 0 aliphatic carbocycles. The number of hydrogen-bond acceptors (Lipinski definition) is 5. The minimum absolute atomic E-state index is 0.228. The van der Waals surface area contributed by atoms with E-state index in [0.717, 1.165) is 15.3 Å². The van der Waals surface area contributed by atoms with Gasteiger partial charge in [0.1, 0.15) is 5.82 Å². The van der Waals surface area contributed by atoms with E-state index in [1.807, 2.05) is 19.2 Å². The quantitative estimate of drug-likeness (QED) is 0.452.